The van der Waals surface area contributed by atoms with E-state index in [2.05, 4.69) is 53.1 Å². The molecule has 106 valence electrons. The number of pyridine rings is 1. The topological polar surface area (TPSA) is 24.9 Å². The lowest BCUT2D eigenvalue weighted by molar-refractivity contribution is 0.153. The lowest BCUT2D eigenvalue weighted by Crippen LogP contribution is -2.28. The van der Waals surface area contributed by atoms with Gasteiger partial charge in [-0.2, -0.15) is 0 Å². The molecule has 2 rings (SSSR count). The Morgan fingerprint density at radius 1 is 1.26 bits per heavy atom. The van der Waals surface area contributed by atoms with Crippen LogP contribution in [0.25, 0.3) is 0 Å². The van der Waals surface area contributed by atoms with Crippen LogP contribution < -0.4 is 5.32 Å². The fourth-order valence-electron chi connectivity index (χ4n) is 3.00. The van der Waals surface area contributed by atoms with Crippen molar-refractivity contribution in [3.05, 3.63) is 22.9 Å². The first-order valence-corrected chi connectivity index (χ1v) is 8.10. The normalized spacial score (nSPS) is 24.2. The van der Waals surface area contributed by atoms with Crippen molar-refractivity contribution in [2.45, 2.75) is 46.5 Å². The largest absolute Gasteiger partial charge is 0.383 e. The van der Waals surface area contributed by atoms with Gasteiger partial charge in [0.05, 0.1) is 5.69 Å². The van der Waals surface area contributed by atoms with E-state index in [-0.39, 0.29) is 0 Å². The minimum atomic E-state index is 0.477. The van der Waals surface area contributed by atoms with Crippen molar-refractivity contribution >= 4 is 21.6 Å². The van der Waals surface area contributed by atoms with Crippen LogP contribution in [0.15, 0.2) is 22.9 Å². The van der Waals surface area contributed by atoms with Gasteiger partial charge in [-0.15, -0.1) is 0 Å². The average Bonchev–Trinajstić information content (AvgIpc) is 2.37. The zero-order chi connectivity index (χ0) is 13.9. The van der Waals surface area contributed by atoms with Crippen LogP contribution in [0.2, 0.25) is 0 Å². The maximum absolute atomic E-state index is 4.24. The second kappa shape index (κ2) is 6.25. The number of aromatic nitrogens is 1. The number of halogens is 1. The molecular formula is C16H25BrN2. The molecule has 0 unspecified atom stereocenters. The highest BCUT2D eigenvalue weighted by molar-refractivity contribution is 9.10. The lowest BCUT2D eigenvalue weighted by atomic mass is 9.70. The third kappa shape index (κ3) is 4.20. The molecule has 0 bridgehead atoms. The molecule has 1 N–H and O–H groups in total. The molecule has 1 saturated carbocycles. The molecule has 0 atom stereocenters. The monoisotopic (exact) mass is 324 g/mol. The molecule has 1 fully saturated rings. The Bertz CT molecular complexity index is 403. The smallest absolute Gasteiger partial charge is 0.129 e. The molecule has 1 aromatic heterocycles. The number of anilines is 1. The standard InChI is InChI=1S/C16H25BrN2/c1-16(2,3)13-8-6-12(7-9-13)11-19-14-5-4-10-18-15(14)17/h4-5,10,12-13,19H,6-9,11H2,1-3H3. The number of hydrogen-bond donors (Lipinski definition) is 1. The third-order valence-corrected chi connectivity index (χ3v) is 5.04. The van der Waals surface area contributed by atoms with Gasteiger partial charge in [-0.05, 0) is 71.0 Å². The highest BCUT2D eigenvalue weighted by Gasteiger charge is 2.29. The minimum absolute atomic E-state index is 0.477. The summed E-state index contributed by atoms with van der Waals surface area (Å²) in [5.74, 6) is 1.71. The first-order chi connectivity index (χ1) is 8.97. The Balaban J connectivity index is 1.79. The number of hydrogen-bond acceptors (Lipinski definition) is 2. The molecule has 3 heteroatoms. The molecule has 2 nitrogen and oxygen atoms in total. The number of nitrogens with one attached hydrogen (secondary N) is 1. The van der Waals surface area contributed by atoms with Crippen molar-refractivity contribution in [3.63, 3.8) is 0 Å². The van der Waals surface area contributed by atoms with E-state index in [0.717, 1.165) is 28.7 Å². The van der Waals surface area contributed by atoms with E-state index in [0.29, 0.717) is 5.41 Å². The quantitative estimate of drug-likeness (QED) is 0.781. The highest BCUT2D eigenvalue weighted by Crippen LogP contribution is 2.39. The molecule has 1 aromatic rings. The Morgan fingerprint density at radius 3 is 2.53 bits per heavy atom. The predicted molar refractivity (Wildman–Crippen MR) is 85.3 cm³/mol. The summed E-state index contributed by atoms with van der Waals surface area (Å²) >= 11 is 3.48. The van der Waals surface area contributed by atoms with E-state index in [1.54, 1.807) is 0 Å². The van der Waals surface area contributed by atoms with Crippen LogP contribution in [-0.2, 0) is 0 Å². The van der Waals surface area contributed by atoms with Gasteiger partial charge in [-0.3, -0.25) is 0 Å². The van der Waals surface area contributed by atoms with E-state index in [1.807, 2.05) is 12.3 Å². The number of rotatable bonds is 3. The summed E-state index contributed by atoms with van der Waals surface area (Å²) in [4.78, 5) is 4.24. The molecule has 1 aliphatic carbocycles. The molecule has 19 heavy (non-hydrogen) atoms. The van der Waals surface area contributed by atoms with Crippen molar-refractivity contribution < 1.29 is 0 Å². The molecule has 0 amide bonds. The third-order valence-electron chi connectivity index (χ3n) is 4.41. The van der Waals surface area contributed by atoms with Crippen molar-refractivity contribution in [1.82, 2.24) is 4.98 Å². The fourth-order valence-corrected chi connectivity index (χ4v) is 3.40. The van der Waals surface area contributed by atoms with Crippen LogP contribution in [0.4, 0.5) is 5.69 Å². The van der Waals surface area contributed by atoms with Crippen LogP contribution >= 0.6 is 15.9 Å². The van der Waals surface area contributed by atoms with Crippen molar-refractivity contribution in [1.29, 1.82) is 0 Å². The summed E-state index contributed by atoms with van der Waals surface area (Å²) in [6.07, 6.45) is 7.28. The summed E-state index contributed by atoms with van der Waals surface area (Å²) in [7, 11) is 0. The summed E-state index contributed by atoms with van der Waals surface area (Å²) in [6.45, 7) is 8.20. The highest BCUT2D eigenvalue weighted by atomic mass is 79.9. The van der Waals surface area contributed by atoms with Gasteiger partial charge < -0.3 is 5.32 Å². The summed E-state index contributed by atoms with van der Waals surface area (Å²) in [5, 5.41) is 3.53. The second-order valence-corrected chi connectivity index (χ2v) is 7.56. The van der Waals surface area contributed by atoms with E-state index >= 15 is 0 Å². The van der Waals surface area contributed by atoms with Gasteiger partial charge in [0.15, 0.2) is 0 Å². The lowest BCUT2D eigenvalue weighted by Gasteiger charge is -2.37. The average molecular weight is 325 g/mol. The predicted octanol–water partition coefficient (Wildman–Crippen LogP) is 5.11. The molecule has 0 saturated heterocycles. The van der Waals surface area contributed by atoms with Crippen molar-refractivity contribution in [2.75, 3.05) is 11.9 Å². The fraction of sp³-hybridized carbons (Fsp3) is 0.688. The molecule has 0 spiro atoms. The van der Waals surface area contributed by atoms with Gasteiger partial charge in [0.1, 0.15) is 4.60 Å². The van der Waals surface area contributed by atoms with Crippen LogP contribution in [0.1, 0.15) is 46.5 Å². The van der Waals surface area contributed by atoms with E-state index in [9.17, 15) is 0 Å². The van der Waals surface area contributed by atoms with E-state index in [1.165, 1.54) is 25.7 Å². The SMILES string of the molecule is CC(C)(C)C1CCC(CNc2cccnc2Br)CC1. The molecule has 0 radical (unpaired) electrons. The Hall–Kier alpha value is -0.570. The van der Waals surface area contributed by atoms with Gasteiger partial charge in [0.2, 0.25) is 0 Å². The maximum atomic E-state index is 4.24. The Morgan fingerprint density at radius 2 is 1.95 bits per heavy atom. The van der Waals surface area contributed by atoms with E-state index in [4.69, 9.17) is 0 Å². The van der Waals surface area contributed by atoms with Gasteiger partial charge >= 0.3 is 0 Å². The first kappa shape index (κ1) is 14.8. The van der Waals surface area contributed by atoms with Crippen LogP contribution in [0.5, 0.6) is 0 Å². The Labute approximate surface area is 125 Å². The van der Waals surface area contributed by atoms with Crippen molar-refractivity contribution in [2.24, 2.45) is 17.3 Å². The van der Waals surface area contributed by atoms with Gasteiger partial charge in [-0.1, -0.05) is 20.8 Å². The van der Waals surface area contributed by atoms with Crippen molar-refractivity contribution in [3.8, 4) is 0 Å². The summed E-state index contributed by atoms with van der Waals surface area (Å²) < 4.78 is 0.915. The van der Waals surface area contributed by atoms with Gasteiger partial charge in [0.25, 0.3) is 0 Å². The molecule has 0 aliphatic heterocycles. The Kier molecular flexibility index (Phi) is 4.88. The van der Waals surface area contributed by atoms with Crippen LogP contribution in [0, 0.1) is 17.3 Å². The maximum Gasteiger partial charge on any atom is 0.129 e. The van der Waals surface area contributed by atoms with Crippen LogP contribution in [0.3, 0.4) is 0 Å². The molecule has 0 aromatic carbocycles. The molecule has 1 aliphatic rings. The van der Waals surface area contributed by atoms with E-state index < -0.39 is 0 Å². The minimum Gasteiger partial charge on any atom is -0.383 e. The zero-order valence-corrected chi connectivity index (χ0v) is 13.8. The van der Waals surface area contributed by atoms with Gasteiger partial charge in [0, 0.05) is 12.7 Å². The molecular weight excluding hydrogens is 300 g/mol. The van der Waals surface area contributed by atoms with Crippen LogP contribution in [-0.4, -0.2) is 11.5 Å². The molecule has 1 heterocycles. The summed E-state index contributed by atoms with van der Waals surface area (Å²) in [5.41, 5.74) is 1.59. The number of nitrogens with zero attached hydrogens (tertiary/aromatic N) is 1. The second-order valence-electron chi connectivity index (χ2n) is 6.81. The summed E-state index contributed by atoms with van der Waals surface area (Å²) in [6, 6.07) is 4.06. The first-order valence-electron chi connectivity index (χ1n) is 7.31. The zero-order valence-electron chi connectivity index (χ0n) is 12.2. The van der Waals surface area contributed by atoms with Gasteiger partial charge in [-0.25, -0.2) is 4.98 Å².